The van der Waals surface area contributed by atoms with Gasteiger partial charge in [0.15, 0.2) is 0 Å². The van der Waals surface area contributed by atoms with Crippen molar-refractivity contribution in [1.82, 2.24) is 0 Å². The van der Waals surface area contributed by atoms with Gasteiger partial charge >= 0.3 is 0 Å². The Kier molecular flexibility index (Phi) is 3.30. The summed E-state index contributed by atoms with van der Waals surface area (Å²) < 4.78 is 10.2. The fourth-order valence-corrected chi connectivity index (χ4v) is 1.62. The second-order valence-electron chi connectivity index (χ2n) is 2.97. The van der Waals surface area contributed by atoms with Crippen LogP contribution in [0.5, 0.6) is 0 Å². The molecule has 1 aliphatic rings. The molecule has 3 nitrogen and oxygen atoms in total. The number of hydrogen-bond acceptors (Lipinski definition) is 3. The third kappa shape index (κ3) is 1.92. The molecule has 1 saturated carbocycles. The first kappa shape index (κ1) is 8.97. The van der Waals surface area contributed by atoms with E-state index in [1.54, 1.807) is 14.2 Å². The van der Waals surface area contributed by atoms with Gasteiger partial charge in [0.2, 0.25) is 0 Å². The third-order valence-electron chi connectivity index (χ3n) is 2.34. The zero-order valence-electron chi connectivity index (χ0n) is 7.12. The Balaban J connectivity index is 2.45. The predicted octanol–water partition coefficient (Wildman–Crippen LogP) is 0.561. The molecule has 1 fully saturated rings. The zero-order valence-corrected chi connectivity index (χ0v) is 7.12. The highest BCUT2D eigenvalue weighted by Gasteiger charge is 2.31. The maximum atomic E-state index is 9.58. The van der Waals surface area contributed by atoms with Crippen molar-refractivity contribution in [3.63, 3.8) is 0 Å². The van der Waals surface area contributed by atoms with E-state index in [1.165, 1.54) is 0 Å². The van der Waals surface area contributed by atoms with Crippen LogP contribution >= 0.6 is 0 Å². The van der Waals surface area contributed by atoms with Crippen molar-refractivity contribution in [3.05, 3.63) is 0 Å². The smallest absolute Gasteiger partial charge is 0.106 e. The van der Waals surface area contributed by atoms with Gasteiger partial charge in [-0.25, -0.2) is 0 Å². The molecule has 0 spiro atoms. The van der Waals surface area contributed by atoms with E-state index in [0.29, 0.717) is 0 Å². The topological polar surface area (TPSA) is 38.7 Å². The molecule has 0 aliphatic heterocycles. The summed E-state index contributed by atoms with van der Waals surface area (Å²) in [4.78, 5) is 0. The first-order chi connectivity index (χ1) is 5.29. The molecular weight excluding hydrogens is 144 g/mol. The fraction of sp³-hybridized carbons (Fsp3) is 1.00. The average molecular weight is 160 g/mol. The highest BCUT2D eigenvalue weighted by Crippen LogP contribution is 2.22. The molecule has 3 heteroatoms. The van der Waals surface area contributed by atoms with E-state index >= 15 is 0 Å². The Morgan fingerprint density at radius 2 is 1.55 bits per heavy atom. The van der Waals surface area contributed by atoms with E-state index in [0.717, 1.165) is 19.3 Å². The van der Waals surface area contributed by atoms with Crippen LogP contribution in [-0.2, 0) is 9.47 Å². The third-order valence-corrected chi connectivity index (χ3v) is 2.34. The lowest BCUT2D eigenvalue weighted by atomic mass is 9.92. The van der Waals surface area contributed by atoms with Crippen LogP contribution in [0, 0.1) is 0 Å². The molecule has 0 radical (unpaired) electrons. The fourth-order valence-electron chi connectivity index (χ4n) is 1.62. The molecule has 66 valence electrons. The van der Waals surface area contributed by atoms with E-state index in [2.05, 4.69) is 0 Å². The highest BCUT2D eigenvalue weighted by molar-refractivity contribution is 4.82. The molecule has 0 bridgehead atoms. The van der Waals surface area contributed by atoms with Gasteiger partial charge in [0.05, 0.1) is 12.2 Å². The van der Waals surface area contributed by atoms with Gasteiger partial charge in [0.1, 0.15) is 6.10 Å². The molecule has 2 unspecified atom stereocenters. The largest absolute Gasteiger partial charge is 0.388 e. The van der Waals surface area contributed by atoms with Gasteiger partial charge in [-0.3, -0.25) is 0 Å². The predicted molar refractivity (Wildman–Crippen MR) is 41.5 cm³/mol. The summed E-state index contributed by atoms with van der Waals surface area (Å²) in [5, 5.41) is 9.58. The Labute approximate surface area is 67.3 Å². The molecule has 0 saturated heterocycles. The van der Waals surface area contributed by atoms with Gasteiger partial charge in [0.25, 0.3) is 0 Å². The van der Waals surface area contributed by atoms with Crippen LogP contribution in [0.4, 0.5) is 0 Å². The van der Waals surface area contributed by atoms with Crippen LogP contribution in [0.25, 0.3) is 0 Å². The van der Waals surface area contributed by atoms with Gasteiger partial charge in [-0.1, -0.05) is 0 Å². The minimum Gasteiger partial charge on any atom is -0.388 e. The minimum absolute atomic E-state index is 0.0336. The number of aliphatic hydroxyl groups excluding tert-OH is 1. The van der Waals surface area contributed by atoms with Crippen molar-refractivity contribution in [3.8, 4) is 0 Å². The summed E-state index contributed by atoms with van der Waals surface area (Å²) in [7, 11) is 3.26. The van der Waals surface area contributed by atoms with Gasteiger partial charge in [0, 0.05) is 14.2 Å². The lowest BCUT2D eigenvalue weighted by Crippen LogP contribution is -2.43. The molecule has 11 heavy (non-hydrogen) atoms. The van der Waals surface area contributed by atoms with E-state index in [-0.39, 0.29) is 12.2 Å². The maximum absolute atomic E-state index is 9.58. The molecule has 0 heterocycles. The van der Waals surface area contributed by atoms with Gasteiger partial charge in [-0.15, -0.1) is 0 Å². The summed E-state index contributed by atoms with van der Waals surface area (Å²) in [5.41, 5.74) is 0. The lowest BCUT2D eigenvalue weighted by Gasteiger charge is -2.32. The zero-order chi connectivity index (χ0) is 8.27. The summed E-state index contributed by atoms with van der Waals surface area (Å²) in [5.74, 6) is 0. The first-order valence-electron chi connectivity index (χ1n) is 4.03. The van der Waals surface area contributed by atoms with Crippen molar-refractivity contribution >= 4 is 0 Å². The quantitative estimate of drug-likeness (QED) is 0.641. The van der Waals surface area contributed by atoms with Gasteiger partial charge < -0.3 is 14.6 Å². The minimum atomic E-state index is -0.446. The Morgan fingerprint density at radius 1 is 1.09 bits per heavy atom. The SMILES string of the molecule is COC1CCCC(OC)C1O. The molecule has 0 aromatic heterocycles. The van der Waals surface area contributed by atoms with Gasteiger partial charge in [-0.05, 0) is 19.3 Å². The molecule has 1 N–H and O–H groups in total. The Hall–Kier alpha value is -0.120. The standard InChI is InChI=1S/C8H16O3/c1-10-6-4-3-5-7(11-2)8(6)9/h6-9H,3-5H2,1-2H3. The average Bonchev–Trinajstić information content (AvgIpc) is 2.05. The van der Waals surface area contributed by atoms with Crippen molar-refractivity contribution in [2.45, 2.75) is 37.6 Å². The second kappa shape index (κ2) is 4.04. The summed E-state index contributed by atoms with van der Waals surface area (Å²) in [6.07, 6.45) is 2.45. The Bertz CT molecular complexity index is 104. The second-order valence-corrected chi connectivity index (χ2v) is 2.97. The van der Waals surface area contributed by atoms with Crippen LogP contribution in [0.2, 0.25) is 0 Å². The molecule has 0 amide bonds. The lowest BCUT2D eigenvalue weighted by molar-refractivity contribution is -0.112. The van der Waals surface area contributed by atoms with Crippen molar-refractivity contribution in [2.75, 3.05) is 14.2 Å². The molecular formula is C8H16O3. The van der Waals surface area contributed by atoms with Gasteiger partial charge in [-0.2, -0.15) is 0 Å². The highest BCUT2D eigenvalue weighted by atomic mass is 16.5. The van der Waals surface area contributed by atoms with Crippen LogP contribution < -0.4 is 0 Å². The van der Waals surface area contributed by atoms with E-state index in [9.17, 15) is 5.11 Å². The summed E-state index contributed by atoms with van der Waals surface area (Å²) in [6.45, 7) is 0. The van der Waals surface area contributed by atoms with Crippen molar-refractivity contribution < 1.29 is 14.6 Å². The maximum Gasteiger partial charge on any atom is 0.106 e. The number of hydrogen-bond donors (Lipinski definition) is 1. The number of aliphatic hydroxyl groups is 1. The molecule has 2 atom stereocenters. The normalized spacial score (nSPS) is 39.0. The number of ether oxygens (including phenoxy) is 2. The molecule has 1 aliphatic carbocycles. The van der Waals surface area contributed by atoms with Crippen LogP contribution in [0.15, 0.2) is 0 Å². The van der Waals surface area contributed by atoms with Crippen LogP contribution in [0.3, 0.4) is 0 Å². The van der Waals surface area contributed by atoms with Crippen LogP contribution in [0.1, 0.15) is 19.3 Å². The van der Waals surface area contributed by atoms with E-state index in [4.69, 9.17) is 9.47 Å². The molecule has 1 rings (SSSR count). The molecule has 0 aromatic carbocycles. The number of rotatable bonds is 2. The van der Waals surface area contributed by atoms with E-state index < -0.39 is 6.10 Å². The summed E-state index contributed by atoms with van der Waals surface area (Å²) in [6, 6.07) is 0. The summed E-state index contributed by atoms with van der Waals surface area (Å²) >= 11 is 0. The van der Waals surface area contributed by atoms with Crippen molar-refractivity contribution in [2.24, 2.45) is 0 Å². The van der Waals surface area contributed by atoms with Crippen molar-refractivity contribution in [1.29, 1.82) is 0 Å². The monoisotopic (exact) mass is 160 g/mol. The first-order valence-corrected chi connectivity index (χ1v) is 4.03. The Morgan fingerprint density at radius 3 is 1.91 bits per heavy atom. The number of methoxy groups -OCH3 is 2. The van der Waals surface area contributed by atoms with E-state index in [1.807, 2.05) is 0 Å². The molecule has 0 aromatic rings. The van der Waals surface area contributed by atoms with Crippen LogP contribution in [-0.4, -0.2) is 37.6 Å².